The highest BCUT2D eigenvalue weighted by Gasteiger charge is 2.38. The van der Waals surface area contributed by atoms with Crippen molar-refractivity contribution in [2.75, 3.05) is 19.6 Å². The van der Waals surface area contributed by atoms with Gasteiger partial charge in [-0.2, -0.15) is 0 Å². The highest BCUT2D eigenvalue weighted by atomic mass is 16.4. The molecule has 2 aromatic rings. The minimum atomic E-state index is 0.268. The Balaban J connectivity index is 1.54. The van der Waals surface area contributed by atoms with Crippen molar-refractivity contribution in [3.63, 3.8) is 0 Å². The Morgan fingerprint density at radius 1 is 1.24 bits per heavy atom. The Morgan fingerprint density at radius 3 is 2.68 bits per heavy atom. The van der Waals surface area contributed by atoms with Crippen LogP contribution < -0.4 is 0 Å². The minimum absolute atomic E-state index is 0.268. The molecule has 3 aliphatic heterocycles. The van der Waals surface area contributed by atoms with E-state index in [1.807, 2.05) is 18.5 Å². The fraction of sp³-hybridized carbons (Fsp3) is 0.632. The fourth-order valence-electron chi connectivity index (χ4n) is 4.10. The van der Waals surface area contributed by atoms with Crippen molar-refractivity contribution in [1.82, 2.24) is 25.0 Å². The molecule has 2 aromatic heterocycles. The number of hydrogen-bond donors (Lipinski definition) is 0. The third-order valence-corrected chi connectivity index (χ3v) is 5.51. The summed E-state index contributed by atoms with van der Waals surface area (Å²) < 4.78 is 5.89. The molecule has 3 fully saturated rings. The first-order valence-electron chi connectivity index (χ1n) is 9.36. The predicted octanol–water partition coefficient (Wildman–Crippen LogP) is 2.68. The number of rotatable bonds is 6. The van der Waals surface area contributed by atoms with E-state index in [1.54, 1.807) is 0 Å². The van der Waals surface area contributed by atoms with E-state index in [4.69, 9.17) is 4.42 Å². The second kappa shape index (κ2) is 7.22. The summed E-state index contributed by atoms with van der Waals surface area (Å²) in [6.07, 6.45) is 6.39. The quantitative estimate of drug-likeness (QED) is 0.805. The van der Waals surface area contributed by atoms with Crippen molar-refractivity contribution in [2.24, 2.45) is 5.92 Å². The highest BCUT2D eigenvalue weighted by molar-refractivity contribution is 5.09. The van der Waals surface area contributed by atoms with Crippen molar-refractivity contribution in [3.8, 4) is 0 Å². The lowest BCUT2D eigenvalue weighted by molar-refractivity contribution is -0.00609. The van der Waals surface area contributed by atoms with Gasteiger partial charge in [0, 0.05) is 37.4 Å². The largest absolute Gasteiger partial charge is 0.424 e. The highest BCUT2D eigenvalue weighted by Crippen LogP contribution is 2.32. The van der Waals surface area contributed by atoms with Gasteiger partial charge in [-0.3, -0.25) is 9.88 Å². The number of hydrogen-bond acceptors (Lipinski definition) is 6. The predicted molar refractivity (Wildman–Crippen MR) is 94.8 cm³/mol. The van der Waals surface area contributed by atoms with E-state index in [0.29, 0.717) is 12.6 Å². The normalized spacial score (nSPS) is 25.8. The van der Waals surface area contributed by atoms with Crippen molar-refractivity contribution < 1.29 is 4.42 Å². The van der Waals surface area contributed by atoms with Crippen LogP contribution in [0.15, 0.2) is 28.9 Å². The molecule has 25 heavy (non-hydrogen) atoms. The molecule has 134 valence electrons. The molecule has 6 heteroatoms. The number of aromatic nitrogens is 3. The molecule has 6 nitrogen and oxygen atoms in total. The van der Waals surface area contributed by atoms with Gasteiger partial charge in [0.1, 0.15) is 0 Å². The van der Waals surface area contributed by atoms with Gasteiger partial charge in [-0.05, 0) is 43.5 Å². The van der Waals surface area contributed by atoms with E-state index in [-0.39, 0.29) is 5.92 Å². The Hall–Kier alpha value is -1.79. The maximum absolute atomic E-state index is 5.89. The first-order valence-corrected chi connectivity index (χ1v) is 9.36. The molecule has 0 aromatic carbocycles. The SMILES string of the molecule is CC(C)c1nnc(CN(Cc2cccnc2)[C@H]2CN3CCC2CC3)o1. The van der Waals surface area contributed by atoms with Crippen LogP contribution in [0.1, 0.15) is 50.0 Å². The molecule has 0 unspecified atom stereocenters. The number of pyridine rings is 1. The van der Waals surface area contributed by atoms with Crippen LogP contribution in [0.4, 0.5) is 0 Å². The zero-order valence-corrected chi connectivity index (χ0v) is 15.1. The lowest BCUT2D eigenvalue weighted by Gasteiger charge is -2.48. The third kappa shape index (κ3) is 3.75. The topological polar surface area (TPSA) is 58.3 Å². The fourth-order valence-corrected chi connectivity index (χ4v) is 4.10. The lowest BCUT2D eigenvalue weighted by Crippen LogP contribution is -2.56. The van der Waals surface area contributed by atoms with Crippen LogP contribution in [-0.4, -0.2) is 50.7 Å². The molecule has 0 spiro atoms. The molecule has 5 rings (SSSR count). The van der Waals surface area contributed by atoms with Crippen molar-refractivity contribution in [2.45, 2.75) is 51.7 Å². The van der Waals surface area contributed by atoms with E-state index in [1.165, 1.54) is 31.5 Å². The van der Waals surface area contributed by atoms with Crippen LogP contribution in [0.5, 0.6) is 0 Å². The summed E-state index contributed by atoms with van der Waals surface area (Å²) in [5.41, 5.74) is 1.24. The van der Waals surface area contributed by atoms with Crippen LogP contribution in [0.2, 0.25) is 0 Å². The summed E-state index contributed by atoms with van der Waals surface area (Å²) in [5.74, 6) is 2.49. The minimum Gasteiger partial charge on any atom is -0.424 e. The van der Waals surface area contributed by atoms with Crippen LogP contribution >= 0.6 is 0 Å². The molecule has 3 saturated heterocycles. The zero-order chi connectivity index (χ0) is 17.2. The van der Waals surface area contributed by atoms with Crippen LogP contribution in [0, 0.1) is 5.92 Å². The molecule has 0 aliphatic carbocycles. The maximum atomic E-state index is 5.89. The van der Waals surface area contributed by atoms with Crippen molar-refractivity contribution >= 4 is 0 Å². The second-order valence-electron chi connectivity index (χ2n) is 7.66. The Morgan fingerprint density at radius 2 is 2.08 bits per heavy atom. The van der Waals surface area contributed by atoms with Gasteiger partial charge in [-0.15, -0.1) is 10.2 Å². The summed E-state index contributed by atoms with van der Waals surface area (Å²) in [7, 11) is 0. The monoisotopic (exact) mass is 341 g/mol. The Bertz CT molecular complexity index is 678. The number of fused-ring (bicyclic) bond motifs is 3. The van der Waals surface area contributed by atoms with Gasteiger partial charge in [-0.25, -0.2) is 0 Å². The molecular formula is C19H27N5O. The first-order chi connectivity index (χ1) is 12.2. The van der Waals surface area contributed by atoms with E-state index < -0.39 is 0 Å². The van der Waals surface area contributed by atoms with Gasteiger partial charge < -0.3 is 9.32 Å². The molecular weight excluding hydrogens is 314 g/mol. The molecule has 0 amide bonds. The summed E-state index contributed by atoms with van der Waals surface area (Å²) in [5, 5.41) is 8.49. The average Bonchev–Trinajstić information content (AvgIpc) is 3.12. The Labute approximate surface area is 149 Å². The van der Waals surface area contributed by atoms with Crippen molar-refractivity contribution in [3.05, 3.63) is 41.9 Å². The molecule has 5 heterocycles. The Kier molecular flexibility index (Phi) is 4.81. The number of piperidine rings is 3. The molecule has 1 atom stereocenters. The summed E-state index contributed by atoms with van der Waals surface area (Å²) in [6.45, 7) is 9.40. The maximum Gasteiger partial charge on any atom is 0.230 e. The van der Waals surface area contributed by atoms with E-state index >= 15 is 0 Å². The van der Waals surface area contributed by atoms with Gasteiger partial charge in [0.2, 0.25) is 11.8 Å². The summed E-state index contributed by atoms with van der Waals surface area (Å²) >= 11 is 0. The van der Waals surface area contributed by atoms with Gasteiger partial charge >= 0.3 is 0 Å². The average molecular weight is 341 g/mol. The molecule has 3 aliphatic rings. The smallest absolute Gasteiger partial charge is 0.230 e. The molecule has 0 radical (unpaired) electrons. The molecule has 0 saturated carbocycles. The molecule has 0 N–H and O–H groups in total. The van der Waals surface area contributed by atoms with Gasteiger partial charge in [-0.1, -0.05) is 19.9 Å². The number of nitrogens with zero attached hydrogens (tertiary/aromatic N) is 5. The van der Waals surface area contributed by atoms with Crippen molar-refractivity contribution in [1.29, 1.82) is 0 Å². The van der Waals surface area contributed by atoms with Gasteiger partial charge in [0.25, 0.3) is 0 Å². The standard InChI is InChI=1S/C19H27N5O/c1-14(2)19-22-21-18(25-19)13-24(11-15-4-3-7-20-10-15)17-12-23-8-5-16(17)6-9-23/h3-4,7,10,14,16-17H,5-6,8-9,11-13H2,1-2H3/t17-/m0/s1. The zero-order valence-electron chi connectivity index (χ0n) is 15.1. The third-order valence-electron chi connectivity index (χ3n) is 5.51. The van der Waals surface area contributed by atoms with E-state index in [0.717, 1.165) is 30.8 Å². The molecule has 2 bridgehead atoms. The summed E-state index contributed by atoms with van der Waals surface area (Å²) in [4.78, 5) is 9.39. The van der Waals surface area contributed by atoms with Gasteiger partial charge in [0.15, 0.2) is 0 Å². The first kappa shape index (κ1) is 16.7. The van der Waals surface area contributed by atoms with E-state index in [9.17, 15) is 0 Å². The van der Waals surface area contributed by atoms with Crippen LogP contribution in [-0.2, 0) is 13.1 Å². The van der Waals surface area contributed by atoms with Gasteiger partial charge in [0.05, 0.1) is 6.54 Å². The summed E-state index contributed by atoms with van der Waals surface area (Å²) in [6, 6.07) is 4.71. The van der Waals surface area contributed by atoms with Crippen LogP contribution in [0.25, 0.3) is 0 Å². The lowest BCUT2D eigenvalue weighted by atomic mass is 9.83. The van der Waals surface area contributed by atoms with E-state index in [2.05, 4.69) is 44.9 Å². The second-order valence-corrected chi connectivity index (χ2v) is 7.66. The van der Waals surface area contributed by atoms with Crippen LogP contribution in [0.3, 0.4) is 0 Å².